The fraction of sp³-hybridized carbons (Fsp3) is 0.222. The molecular formula is C18H18FNO5. The van der Waals surface area contributed by atoms with Gasteiger partial charge >= 0.3 is 11.9 Å². The minimum Gasteiger partial charge on any atom is -0.478 e. The summed E-state index contributed by atoms with van der Waals surface area (Å²) in [6.07, 6.45) is 4.84. The van der Waals surface area contributed by atoms with Gasteiger partial charge in [-0.25, -0.2) is 14.0 Å². The molecule has 0 saturated heterocycles. The maximum atomic E-state index is 13.6. The van der Waals surface area contributed by atoms with Crippen LogP contribution in [0.5, 0.6) is 0 Å². The third kappa shape index (κ3) is 5.02. The van der Waals surface area contributed by atoms with Gasteiger partial charge in [0.15, 0.2) is 0 Å². The fourth-order valence-corrected chi connectivity index (χ4v) is 2.57. The van der Waals surface area contributed by atoms with Gasteiger partial charge in [-0.1, -0.05) is 13.0 Å². The second-order valence-electron chi connectivity index (χ2n) is 5.52. The lowest BCUT2D eigenvalue weighted by Crippen LogP contribution is -2.27. The molecule has 0 fully saturated rings. The van der Waals surface area contributed by atoms with E-state index < -0.39 is 11.9 Å². The Balaban J connectivity index is 0.000000242. The molecule has 0 aliphatic carbocycles. The number of hydrogen-bond acceptors (Lipinski definition) is 4. The van der Waals surface area contributed by atoms with Gasteiger partial charge < -0.3 is 19.9 Å². The molecule has 1 aliphatic heterocycles. The molecule has 2 aromatic rings. The van der Waals surface area contributed by atoms with E-state index in [1.807, 2.05) is 0 Å². The first-order valence-corrected chi connectivity index (χ1v) is 7.60. The topological polar surface area (TPSA) is 99.8 Å². The van der Waals surface area contributed by atoms with Gasteiger partial charge in [-0.05, 0) is 29.7 Å². The van der Waals surface area contributed by atoms with Crippen molar-refractivity contribution >= 4 is 28.5 Å². The second kappa shape index (κ2) is 8.25. The first-order chi connectivity index (χ1) is 11.9. The Morgan fingerprint density at radius 3 is 2.56 bits per heavy atom. The SMILES string of the molecule is CC1CNCC=C1c1cc(F)cc2ccoc12.O=C(O)/C=C/C(=O)O. The highest BCUT2D eigenvalue weighted by Gasteiger charge is 2.18. The predicted molar refractivity (Wildman–Crippen MR) is 90.6 cm³/mol. The van der Waals surface area contributed by atoms with E-state index in [0.717, 1.165) is 29.6 Å². The molecule has 1 unspecified atom stereocenters. The number of nitrogens with one attached hydrogen (secondary N) is 1. The van der Waals surface area contributed by atoms with Crippen molar-refractivity contribution < 1.29 is 28.6 Å². The Bertz CT molecular complexity index is 821. The van der Waals surface area contributed by atoms with E-state index in [0.29, 0.717) is 18.1 Å². The number of carboxylic acid groups (broad SMARTS) is 2. The van der Waals surface area contributed by atoms with E-state index in [9.17, 15) is 14.0 Å². The van der Waals surface area contributed by atoms with Crippen LogP contribution in [0.1, 0.15) is 12.5 Å². The average molecular weight is 347 g/mol. The van der Waals surface area contributed by atoms with Crippen LogP contribution in [0.2, 0.25) is 0 Å². The standard InChI is InChI=1S/C14H14FNO.C4H4O4/c1-9-8-16-4-2-12(9)13-7-11(15)6-10-3-5-17-14(10)13;5-3(6)1-2-4(7)8/h2-3,5-7,9,16H,4,8H2,1H3;1-2H,(H,5,6)(H,7,8)/b;2-1+. The van der Waals surface area contributed by atoms with Gasteiger partial charge in [0.2, 0.25) is 0 Å². The molecule has 6 nitrogen and oxygen atoms in total. The number of fused-ring (bicyclic) bond motifs is 1. The van der Waals surface area contributed by atoms with Crippen molar-refractivity contribution in [3.8, 4) is 0 Å². The molecule has 1 aromatic carbocycles. The van der Waals surface area contributed by atoms with Gasteiger partial charge in [0.25, 0.3) is 0 Å². The smallest absolute Gasteiger partial charge is 0.328 e. The Hall–Kier alpha value is -2.93. The van der Waals surface area contributed by atoms with Crippen molar-refractivity contribution in [3.63, 3.8) is 0 Å². The average Bonchev–Trinajstić information content (AvgIpc) is 3.01. The molecular weight excluding hydrogens is 329 g/mol. The first kappa shape index (κ1) is 18.4. The third-order valence-electron chi connectivity index (χ3n) is 3.64. The van der Waals surface area contributed by atoms with Crippen LogP contribution in [0.15, 0.2) is 47.1 Å². The van der Waals surface area contributed by atoms with E-state index in [-0.39, 0.29) is 5.82 Å². The normalized spacial score (nSPS) is 17.0. The van der Waals surface area contributed by atoms with Crippen LogP contribution >= 0.6 is 0 Å². The van der Waals surface area contributed by atoms with Gasteiger partial charge in [0.05, 0.1) is 6.26 Å². The number of halogens is 1. The zero-order valence-corrected chi connectivity index (χ0v) is 13.5. The van der Waals surface area contributed by atoms with Crippen LogP contribution in [-0.4, -0.2) is 35.2 Å². The van der Waals surface area contributed by atoms with Crippen molar-refractivity contribution in [2.45, 2.75) is 6.92 Å². The molecule has 0 spiro atoms. The molecule has 0 bridgehead atoms. The van der Waals surface area contributed by atoms with E-state index in [4.69, 9.17) is 14.6 Å². The number of benzene rings is 1. The summed E-state index contributed by atoms with van der Waals surface area (Å²) in [5, 5.41) is 19.7. The summed E-state index contributed by atoms with van der Waals surface area (Å²) in [6, 6.07) is 4.88. The summed E-state index contributed by atoms with van der Waals surface area (Å²) in [5.41, 5.74) is 2.84. The number of carboxylic acids is 2. The van der Waals surface area contributed by atoms with Gasteiger partial charge in [-0.15, -0.1) is 0 Å². The number of hydrogen-bond donors (Lipinski definition) is 3. The molecule has 25 heavy (non-hydrogen) atoms. The maximum Gasteiger partial charge on any atom is 0.328 e. The summed E-state index contributed by atoms with van der Waals surface area (Å²) >= 11 is 0. The quantitative estimate of drug-likeness (QED) is 0.738. The minimum atomic E-state index is -1.26. The summed E-state index contributed by atoms with van der Waals surface area (Å²) in [5.74, 6) is -2.35. The van der Waals surface area contributed by atoms with Gasteiger partial charge in [-0.3, -0.25) is 0 Å². The molecule has 132 valence electrons. The second-order valence-corrected chi connectivity index (χ2v) is 5.52. The first-order valence-electron chi connectivity index (χ1n) is 7.60. The number of carbonyl (C=O) groups is 2. The highest BCUT2D eigenvalue weighted by molar-refractivity contribution is 5.91. The van der Waals surface area contributed by atoms with Crippen molar-refractivity contribution in [2.24, 2.45) is 5.92 Å². The Labute approximate surface area is 143 Å². The van der Waals surface area contributed by atoms with E-state index in [2.05, 4.69) is 18.3 Å². The van der Waals surface area contributed by atoms with Gasteiger partial charge in [0.1, 0.15) is 11.4 Å². The Morgan fingerprint density at radius 1 is 1.28 bits per heavy atom. The van der Waals surface area contributed by atoms with Crippen LogP contribution in [-0.2, 0) is 9.59 Å². The lowest BCUT2D eigenvalue weighted by atomic mass is 9.90. The molecule has 2 heterocycles. The number of aliphatic carboxylic acids is 2. The van der Waals surface area contributed by atoms with Gasteiger partial charge in [-0.2, -0.15) is 0 Å². The molecule has 0 amide bonds. The minimum absolute atomic E-state index is 0.208. The Kier molecular flexibility index (Phi) is 6.08. The highest BCUT2D eigenvalue weighted by atomic mass is 19.1. The molecule has 1 aliphatic rings. The van der Waals surface area contributed by atoms with Crippen molar-refractivity contribution in [2.75, 3.05) is 13.1 Å². The maximum absolute atomic E-state index is 13.6. The van der Waals surface area contributed by atoms with Crippen LogP contribution in [0.4, 0.5) is 4.39 Å². The van der Waals surface area contributed by atoms with Crippen molar-refractivity contribution in [1.29, 1.82) is 0 Å². The van der Waals surface area contributed by atoms with E-state index >= 15 is 0 Å². The highest BCUT2D eigenvalue weighted by Crippen LogP contribution is 2.32. The predicted octanol–water partition coefficient (Wildman–Crippen LogP) is 2.91. The largest absolute Gasteiger partial charge is 0.478 e. The summed E-state index contributed by atoms with van der Waals surface area (Å²) in [7, 11) is 0. The van der Waals surface area contributed by atoms with Crippen molar-refractivity contribution in [3.05, 3.63) is 54.1 Å². The molecule has 1 aromatic heterocycles. The van der Waals surface area contributed by atoms with Crippen LogP contribution in [0.25, 0.3) is 16.5 Å². The van der Waals surface area contributed by atoms with Crippen LogP contribution < -0.4 is 5.32 Å². The van der Waals surface area contributed by atoms with Gasteiger partial charge in [0, 0.05) is 36.2 Å². The lowest BCUT2D eigenvalue weighted by molar-refractivity contribution is -0.134. The zero-order valence-electron chi connectivity index (χ0n) is 13.5. The monoisotopic (exact) mass is 347 g/mol. The molecule has 1 atom stereocenters. The summed E-state index contributed by atoms with van der Waals surface area (Å²) in [6.45, 7) is 3.89. The number of furan rings is 1. The summed E-state index contributed by atoms with van der Waals surface area (Å²) < 4.78 is 19.0. The summed E-state index contributed by atoms with van der Waals surface area (Å²) in [4.78, 5) is 19.1. The number of rotatable bonds is 3. The Morgan fingerprint density at radius 2 is 1.96 bits per heavy atom. The fourth-order valence-electron chi connectivity index (χ4n) is 2.57. The molecule has 7 heteroatoms. The molecule has 0 radical (unpaired) electrons. The van der Waals surface area contributed by atoms with Crippen LogP contribution in [0.3, 0.4) is 0 Å². The van der Waals surface area contributed by atoms with E-state index in [1.54, 1.807) is 18.4 Å². The van der Waals surface area contributed by atoms with Crippen LogP contribution in [0, 0.1) is 11.7 Å². The zero-order chi connectivity index (χ0) is 18.4. The third-order valence-corrected chi connectivity index (χ3v) is 3.64. The molecule has 3 N–H and O–H groups in total. The lowest BCUT2D eigenvalue weighted by Gasteiger charge is -2.21. The van der Waals surface area contributed by atoms with Crippen molar-refractivity contribution in [1.82, 2.24) is 5.32 Å². The molecule has 0 saturated carbocycles. The molecule has 3 rings (SSSR count). The van der Waals surface area contributed by atoms with E-state index in [1.165, 1.54) is 11.6 Å².